The van der Waals surface area contributed by atoms with Crippen molar-refractivity contribution in [1.29, 1.82) is 0 Å². The van der Waals surface area contributed by atoms with Gasteiger partial charge in [-0.3, -0.25) is 9.89 Å². The van der Waals surface area contributed by atoms with Gasteiger partial charge in [-0.05, 0) is 44.8 Å². The molecule has 5 nitrogen and oxygen atoms in total. The van der Waals surface area contributed by atoms with Crippen LogP contribution in [-0.4, -0.2) is 47.7 Å². The molecule has 1 aromatic carbocycles. The SMILES string of the molecule is CNCCC1CCN(C(=O)c2cn[nH]c2-c2ccccc2Cl)CC1. The van der Waals surface area contributed by atoms with Crippen LogP contribution in [-0.2, 0) is 0 Å². The zero-order valence-electron chi connectivity index (χ0n) is 13.9. The molecule has 1 aliphatic heterocycles. The minimum absolute atomic E-state index is 0.0331. The van der Waals surface area contributed by atoms with Gasteiger partial charge in [-0.1, -0.05) is 29.8 Å². The van der Waals surface area contributed by atoms with Crippen molar-refractivity contribution in [2.45, 2.75) is 19.3 Å². The van der Waals surface area contributed by atoms with Crippen molar-refractivity contribution in [2.24, 2.45) is 5.92 Å². The van der Waals surface area contributed by atoms with Crippen molar-refractivity contribution >= 4 is 17.5 Å². The standard InChI is InChI=1S/C18H23ClN4O/c1-20-9-6-13-7-10-23(11-8-13)18(24)15-12-21-22-17(15)14-4-2-3-5-16(14)19/h2-5,12-13,20H,6-11H2,1H3,(H,21,22). The fourth-order valence-corrected chi connectivity index (χ4v) is 3.49. The van der Waals surface area contributed by atoms with Crippen molar-refractivity contribution < 1.29 is 4.79 Å². The van der Waals surface area contributed by atoms with Crippen molar-refractivity contribution in [3.63, 3.8) is 0 Å². The molecule has 0 radical (unpaired) electrons. The van der Waals surface area contributed by atoms with E-state index in [4.69, 9.17) is 11.6 Å². The van der Waals surface area contributed by atoms with Gasteiger partial charge in [0.05, 0.1) is 17.5 Å². The molecular formula is C18H23ClN4O. The van der Waals surface area contributed by atoms with E-state index in [0.717, 1.165) is 38.0 Å². The normalized spacial score (nSPS) is 15.7. The molecule has 0 atom stereocenters. The van der Waals surface area contributed by atoms with Crippen LogP contribution in [0.15, 0.2) is 30.5 Å². The number of hydrogen-bond donors (Lipinski definition) is 2. The smallest absolute Gasteiger partial charge is 0.257 e. The Balaban J connectivity index is 1.71. The highest BCUT2D eigenvalue weighted by molar-refractivity contribution is 6.33. The van der Waals surface area contributed by atoms with Crippen LogP contribution in [0.3, 0.4) is 0 Å². The van der Waals surface area contributed by atoms with Gasteiger partial charge in [0.15, 0.2) is 0 Å². The summed E-state index contributed by atoms with van der Waals surface area (Å²) in [4.78, 5) is 14.8. The zero-order valence-corrected chi connectivity index (χ0v) is 14.6. The van der Waals surface area contributed by atoms with E-state index in [2.05, 4.69) is 15.5 Å². The maximum absolute atomic E-state index is 12.9. The highest BCUT2D eigenvalue weighted by atomic mass is 35.5. The molecule has 1 saturated heterocycles. The number of carbonyl (C=O) groups excluding carboxylic acids is 1. The average molecular weight is 347 g/mol. The second-order valence-corrected chi connectivity index (χ2v) is 6.67. The number of hydrogen-bond acceptors (Lipinski definition) is 3. The summed E-state index contributed by atoms with van der Waals surface area (Å²) in [6, 6.07) is 7.50. The molecule has 2 N–H and O–H groups in total. The molecule has 0 aliphatic carbocycles. The summed E-state index contributed by atoms with van der Waals surface area (Å²) in [7, 11) is 1.98. The van der Waals surface area contributed by atoms with Gasteiger partial charge in [0.1, 0.15) is 0 Å². The second-order valence-electron chi connectivity index (χ2n) is 6.27. The number of likely N-dealkylation sites (tertiary alicyclic amines) is 1. The lowest BCUT2D eigenvalue weighted by Gasteiger charge is -2.32. The quantitative estimate of drug-likeness (QED) is 0.874. The number of halogens is 1. The maximum Gasteiger partial charge on any atom is 0.257 e. The zero-order chi connectivity index (χ0) is 16.9. The minimum Gasteiger partial charge on any atom is -0.339 e. The minimum atomic E-state index is 0.0331. The van der Waals surface area contributed by atoms with Gasteiger partial charge in [-0.25, -0.2) is 0 Å². The van der Waals surface area contributed by atoms with Gasteiger partial charge >= 0.3 is 0 Å². The number of aromatic amines is 1. The van der Waals surface area contributed by atoms with Crippen molar-refractivity contribution in [1.82, 2.24) is 20.4 Å². The van der Waals surface area contributed by atoms with E-state index in [1.165, 1.54) is 6.42 Å². The third kappa shape index (κ3) is 3.62. The van der Waals surface area contributed by atoms with Gasteiger partial charge in [-0.2, -0.15) is 5.10 Å². The van der Waals surface area contributed by atoms with Crippen LogP contribution in [0, 0.1) is 5.92 Å². The molecule has 2 heterocycles. The molecule has 1 amide bonds. The molecule has 0 spiro atoms. The highest BCUT2D eigenvalue weighted by Crippen LogP contribution is 2.30. The van der Waals surface area contributed by atoms with E-state index in [-0.39, 0.29) is 5.91 Å². The number of aromatic nitrogens is 2. The van der Waals surface area contributed by atoms with Crippen LogP contribution in [0.5, 0.6) is 0 Å². The maximum atomic E-state index is 12.9. The Labute approximate surface area is 147 Å². The monoisotopic (exact) mass is 346 g/mol. The molecule has 6 heteroatoms. The number of piperidine rings is 1. The number of H-pyrrole nitrogens is 1. The van der Waals surface area contributed by atoms with Crippen LogP contribution in [0.25, 0.3) is 11.3 Å². The first kappa shape index (κ1) is 17.0. The summed E-state index contributed by atoms with van der Waals surface area (Å²) >= 11 is 6.27. The Morgan fingerprint density at radius 3 is 2.83 bits per heavy atom. The summed E-state index contributed by atoms with van der Waals surface area (Å²) in [6.07, 6.45) is 4.91. The molecule has 0 saturated carbocycles. The molecular weight excluding hydrogens is 324 g/mol. The predicted octanol–water partition coefficient (Wildman–Crippen LogP) is 3.19. The molecule has 24 heavy (non-hydrogen) atoms. The van der Waals surface area contributed by atoms with Crippen LogP contribution in [0.4, 0.5) is 0 Å². The first-order valence-electron chi connectivity index (χ1n) is 8.43. The van der Waals surface area contributed by atoms with Crippen molar-refractivity contribution in [3.8, 4) is 11.3 Å². The summed E-state index contributed by atoms with van der Waals surface area (Å²) in [6.45, 7) is 2.65. The lowest BCUT2D eigenvalue weighted by molar-refractivity contribution is 0.0688. The van der Waals surface area contributed by atoms with Gasteiger partial charge in [0.2, 0.25) is 0 Å². The summed E-state index contributed by atoms with van der Waals surface area (Å²) in [5, 5.41) is 10.8. The number of carbonyl (C=O) groups is 1. The molecule has 2 aromatic rings. The van der Waals surface area contributed by atoms with Crippen molar-refractivity contribution in [3.05, 3.63) is 41.0 Å². The Kier molecular flexibility index (Phi) is 5.53. The van der Waals surface area contributed by atoms with Gasteiger partial charge in [0.25, 0.3) is 5.91 Å². The Morgan fingerprint density at radius 1 is 1.38 bits per heavy atom. The average Bonchev–Trinajstić information content (AvgIpc) is 3.09. The Hall–Kier alpha value is -1.85. The number of rotatable bonds is 5. The third-order valence-corrected chi connectivity index (χ3v) is 5.05. The number of nitrogens with one attached hydrogen (secondary N) is 2. The second kappa shape index (κ2) is 7.81. The van der Waals surface area contributed by atoms with E-state index in [1.807, 2.05) is 36.2 Å². The Bertz CT molecular complexity index is 692. The van der Waals surface area contributed by atoms with E-state index in [9.17, 15) is 4.79 Å². The van der Waals surface area contributed by atoms with Gasteiger partial charge in [0, 0.05) is 23.7 Å². The molecule has 3 rings (SSSR count). The van der Waals surface area contributed by atoms with E-state index >= 15 is 0 Å². The molecule has 1 aliphatic rings. The predicted molar refractivity (Wildman–Crippen MR) is 96.2 cm³/mol. The van der Waals surface area contributed by atoms with E-state index in [0.29, 0.717) is 22.2 Å². The fourth-order valence-electron chi connectivity index (χ4n) is 3.26. The van der Waals surface area contributed by atoms with Gasteiger partial charge < -0.3 is 10.2 Å². The number of amides is 1. The topological polar surface area (TPSA) is 61.0 Å². The van der Waals surface area contributed by atoms with E-state index < -0.39 is 0 Å². The van der Waals surface area contributed by atoms with Crippen molar-refractivity contribution in [2.75, 3.05) is 26.7 Å². The van der Waals surface area contributed by atoms with E-state index in [1.54, 1.807) is 6.20 Å². The lowest BCUT2D eigenvalue weighted by Crippen LogP contribution is -2.39. The molecule has 0 bridgehead atoms. The molecule has 1 aromatic heterocycles. The largest absolute Gasteiger partial charge is 0.339 e. The van der Waals surface area contributed by atoms with Crippen LogP contribution in [0.1, 0.15) is 29.6 Å². The first-order valence-corrected chi connectivity index (χ1v) is 8.80. The first-order chi connectivity index (χ1) is 11.7. The Morgan fingerprint density at radius 2 is 2.12 bits per heavy atom. The number of nitrogens with zero attached hydrogens (tertiary/aromatic N) is 2. The molecule has 0 unspecified atom stereocenters. The summed E-state index contributed by atoms with van der Waals surface area (Å²) < 4.78 is 0. The highest BCUT2D eigenvalue weighted by Gasteiger charge is 2.26. The van der Waals surface area contributed by atoms with Crippen LogP contribution >= 0.6 is 11.6 Å². The van der Waals surface area contributed by atoms with Crippen LogP contribution in [0.2, 0.25) is 5.02 Å². The van der Waals surface area contributed by atoms with Crippen LogP contribution < -0.4 is 5.32 Å². The molecule has 128 valence electrons. The summed E-state index contributed by atoms with van der Waals surface area (Å²) in [5.41, 5.74) is 2.10. The summed E-state index contributed by atoms with van der Waals surface area (Å²) in [5.74, 6) is 0.736. The lowest BCUT2D eigenvalue weighted by atomic mass is 9.93. The van der Waals surface area contributed by atoms with Gasteiger partial charge in [-0.15, -0.1) is 0 Å². The number of benzene rings is 1. The fraction of sp³-hybridized carbons (Fsp3) is 0.444. The molecule has 1 fully saturated rings. The third-order valence-electron chi connectivity index (χ3n) is 4.72.